The SMILES string of the molecule is COc1c(SC)cccc1C(C)(C)O. The monoisotopic (exact) mass is 212 g/mol. The minimum atomic E-state index is -0.864. The molecule has 0 amide bonds. The van der Waals surface area contributed by atoms with E-state index in [2.05, 4.69) is 0 Å². The molecule has 0 spiro atoms. The summed E-state index contributed by atoms with van der Waals surface area (Å²) in [5, 5.41) is 9.93. The lowest BCUT2D eigenvalue weighted by molar-refractivity contribution is 0.0752. The molecule has 0 radical (unpaired) electrons. The molecule has 14 heavy (non-hydrogen) atoms. The Kier molecular flexibility index (Phi) is 3.45. The number of rotatable bonds is 3. The molecule has 0 aliphatic carbocycles. The molecule has 1 N–H and O–H groups in total. The van der Waals surface area contributed by atoms with E-state index in [4.69, 9.17) is 4.74 Å². The van der Waals surface area contributed by atoms with Crippen molar-refractivity contribution in [1.82, 2.24) is 0 Å². The number of para-hydroxylation sites is 1. The van der Waals surface area contributed by atoms with Crippen LogP contribution in [0.25, 0.3) is 0 Å². The number of benzene rings is 1. The van der Waals surface area contributed by atoms with Gasteiger partial charge in [0.25, 0.3) is 0 Å². The van der Waals surface area contributed by atoms with Gasteiger partial charge >= 0.3 is 0 Å². The fraction of sp³-hybridized carbons (Fsp3) is 0.455. The van der Waals surface area contributed by atoms with Crippen LogP contribution in [0.1, 0.15) is 19.4 Å². The van der Waals surface area contributed by atoms with Gasteiger partial charge < -0.3 is 9.84 Å². The Hall–Kier alpha value is -0.670. The summed E-state index contributed by atoms with van der Waals surface area (Å²) in [6, 6.07) is 5.80. The highest BCUT2D eigenvalue weighted by Gasteiger charge is 2.22. The van der Waals surface area contributed by atoms with Gasteiger partial charge in [-0.15, -0.1) is 11.8 Å². The van der Waals surface area contributed by atoms with Crippen LogP contribution in [-0.4, -0.2) is 18.5 Å². The van der Waals surface area contributed by atoms with Crippen LogP contribution in [0.2, 0.25) is 0 Å². The van der Waals surface area contributed by atoms with E-state index in [1.54, 1.807) is 32.7 Å². The Morgan fingerprint density at radius 2 is 2.00 bits per heavy atom. The third-order valence-electron chi connectivity index (χ3n) is 2.06. The van der Waals surface area contributed by atoms with Gasteiger partial charge in [-0.1, -0.05) is 12.1 Å². The lowest BCUT2D eigenvalue weighted by atomic mass is 9.97. The lowest BCUT2D eigenvalue weighted by Crippen LogP contribution is -2.16. The van der Waals surface area contributed by atoms with Crippen LogP contribution in [0.5, 0.6) is 5.75 Å². The molecule has 0 aliphatic rings. The highest BCUT2D eigenvalue weighted by atomic mass is 32.2. The normalized spacial score (nSPS) is 11.5. The Balaban J connectivity index is 3.29. The zero-order valence-electron chi connectivity index (χ0n) is 9.00. The summed E-state index contributed by atoms with van der Waals surface area (Å²) >= 11 is 1.61. The quantitative estimate of drug-likeness (QED) is 0.781. The van der Waals surface area contributed by atoms with E-state index in [9.17, 15) is 5.11 Å². The second kappa shape index (κ2) is 4.24. The molecular weight excluding hydrogens is 196 g/mol. The van der Waals surface area contributed by atoms with E-state index < -0.39 is 5.60 Å². The fourth-order valence-electron chi connectivity index (χ4n) is 1.37. The summed E-state index contributed by atoms with van der Waals surface area (Å²) in [5.74, 6) is 0.771. The molecule has 2 nitrogen and oxygen atoms in total. The standard InChI is InChI=1S/C11H16O2S/c1-11(2,12)8-6-5-7-9(14-4)10(8)13-3/h5-7,12H,1-4H3. The maximum atomic E-state index is 9.93. The zero-order valence-corrected chi connectivity index (χ0v) is 9.81. The summed E-state index contributed by atoms with van der Waals surface area (Å²) < 4.78 is 5.31. The van der Waals surface area contributed by atoms with Crippen molar-refractivity contribution in [2.24, 2.45) is 0 Å². The summed E-state index contributed by atoms with van der Waals surface area (Å²) in [4.78, 5) is 1.05. The molecular formula is C11H16O2S. The first kappa shape index (κ1) is 11.4. The third kappa shape index (κ3) is 2.22. The number of aliphatic hydroxyl groups is 1. The van der Waals surface area contributed by atoms with Gasteiger partial charge in [0.1, 0.15) is 5.75 Å². The van der Waals surface area contributed by atoms with Crippen molar-refractivity contribution in [3.05, 3.63) is 23.8 Å². The van der Waals surface area contributed by atoms with Gasteiger partial charge in [-0.05, 0) is 26.2 Å². The number of ether oxygens (including phenoxy) is 1. The van der Waals surface area contributed by atoms with E-state index in [1.165, 1.54) is 0 Å². The van der Waals surface area contributed by atoms with Crippen molar-refractivity contribution < 1.29 is 9.84 Å². The molecule has 0 aromatic heterocycles. The van der Waals surface area contributed by atoms with Gasteiger partial charge in [-0.25, -0.2) is 0 Å². The van der Waals surface area contributed by atoms with Crippen molar-refractivity contribution in [2.75, 3.05) is 13.4 Å². The average molecular weight is 212 g/mol. The highest BCUT2D eigenvalue weighted by molar-refractivity contribution is 7.98. The second-order valence-corrected chi connectivity index (χ2v) is 4.45. The largest absolute Gasteiger partial charge is 0.495 e. The van der Waals surface area contributed by atoms with Gasteiger partial charge in [0, 0.05) is 10.5 Å². The maximum absolute atomic E-state index is 9.93. The molecule has 0 aliphatic heterocycles. The Morgan fingerprint density at radius 3 is 2.43 bits per heavy atom. The molecule has 0 atom stereocenters. The zero-order chi connectivity index (χ0) is 10.8. The van der Waals surface area contributed by atoms with Gasteiger partial charge in [-0.2, -0.15) is 0 Å². The summed E-state index contributed by atoms with van der Waals surface area (Å²) in [5.41, 5.74) is -0.0382. The molecule has 3 heteroatoms. The molecule has 1 rings (SSSR count). The van der Waals surface area contributed by atoms with Crippen LogP contribution < -0.4 is 4.74 Å². The minimum Gasteiger partial charge on any atom is -0.495 e. The van der Waals surface area contributed by atoms with Gasteiger partial charge in [0.15, 0.2) is 0 Å². The van der Waals surface area contributed by atoms with Crippen LogP contribution in [0, 0.1) is 0 Å². The molecule has 1 aromatic carbocycles. The van der Waals surface area contributed by atoms with E-state index in [1.807, 2.05) is 24.5 Å². The van der Waals surface area contributed by atoms with Crippen LogP contribution >= 0.6 is 11.8 Å². The average Bonchev–Trinajstić information content (AvgIpc) is 2.15. The summed E-state index contributed by atoms with van der Waals surface area (Å²) in [7, 11) is 1.63. The molecule has 0 bridgehead atoms. The molecule has 0 fully saturated rings. The topological polar surface area (TPSA) is 29.5 Å². The first-order valence-electron chi connectivity index (χ1n) is 4.44. The van der Waals surface area contributed by atoms with E-state index in [0.29, 0.717) is 0 Å². The predicted octanol–water partition coefficient (Wildman–Crippen LogP) is 2.64. The summed E-state index contributed by atoms with van der Waals surface area (Å²) in [6.45, 7) is 3.52. The van der Waals surface area contributed by atoms with Gasteiger partial charge in [0.05, 0.1) is 12.7 Å². The van der Waals surface area contributed by atoms with Crippen LogP contribution in [0.15, 0.2) is 23.1 Å². The minimum absolute atomic E-state index is 0.771. The van der Waals surface area contributed by atoms with E-state index >= 15 is 0 Å². The molecule has 78 valence electrons. The predicted molar refractivity (Wildman–Crippen MR) is 60.0 cm³/mol. The smallest absolute Gasteiger partial charge is 0.138 e. The fourth-order valence-corrected chi connectivity index (χ4v) is 1.96. The van der Waals surface area contributed by atoms with Gasteiger partial charge in [0.2, 0.25) is 0 Å². The van der Waals surface area contributed by atoms with Gasteiger partial charge in [-0.3, -0.25) is 0 Å². The second-order valence-electron chi connectivity index (χ2n) is 3.60. The first-order chi connectivity index (χ1) is 6.50. The number of hydrogen-bond acceptors (Lipinski definition) is 3. The Labute approximate surface area is 89.3 Å². The van der Waals surface area contributed by atoms with Crippen LogP contribution in [0.3, 0.4) is 0 Å². The van der Waals surface area contributed by atoms with Crippen LogP contribution in [0.4, 0.5) is 0 Å². The molecule has 0 heterocycles. The first-order valence-corrected chi connectivity index (χ1v) is 5.67. The van der Waals surface area contributed by atoms with Crippen molar-refractivity contribution in [2.45, 2.75) is 24.3 Å². The van der Waals surface area contributed by atoms with Crippen molar-refractivity contribution in [1.29, 1.82) is 0 Å². The molecule has 1 aromatic rings. The third-order valence-corrected chi connectivity index (χ3v) is 2.82. The van der Waals surface area contributed by atoms with Crippen LogP contribution in [-0.2, 0) is 5.60 Å². The van der Waals surface area contributed by atoms with E-state index in [-0.39, 0.29) is 0 Å². The van der Waals surface area contributed by atoms with Crippen molar-refractivity contribution in [3.8, 4) is 5.75 Å². The van der Waals surface area contributed by atoms with Crippen molar-refractivity contribution >= 4 is 11.8 Å². The Bertz CT molecular complexity index is 316. The molecule has 0 saturated heterocycles. The maximum Gasteiger partial charge on any atom is 0.138 e. The highest BCUT2D eigenvalue weighted by Crippen LogP contribution is 2.36. The molecule has 0 saturated carbocycles. The summed E-state index contributed by atoms with van der Waals surface area (Å²) in [6.07, 6.45) is 1.99. The van der Waals surface area contributed by atoms with Crippen molar-refractivity contribution in [3.63, 3.8) is 0 Å². The molecule has 0 unspecified atom stereocenters. The van der Waals surface area contributed by atoms with E-state index in [0.717, 1.165) is 16.2 Å². The number of thioether (sulfide) groups is 1. The number of methoxy groups -OCH3 is 1. The Morgan fingerprint density at radius 1 is 1.36 bits per heavy atom. The number of hydrogen-bond donors (Lipinski definition) is 1. The lowest BCUT2D eigenvalue weighted by Gasteiger charge is -2.22.